The molecule has 3 rings (SSSR count). The monoisotopic (exact) mass is 361 g/mol. The number of amides is 1. The van der Waals surface area contributed by atoms with E-state index in [1.165, 1.54) is 37.8 Å². The van der Waals surface area contributed by atoms with Gasteiger partial charge in [0.2, 0.25) is 5.91 Å². The predicted molar refractivity (Wildman–Crippen MR) is 102 cm³/mol. The highest BCUT2D eigenvalue weighted by atomic mass is 19.1. The lowest BCUT2D eigenvalue weighted by Gasteiger charge is -2.23. The van der Waals surface area contributed by atoms with E-state index in [2.05, 4.69) is 15.1 Å². The largest absolute Gasteiger partial charge is 0.352 e. The summed E-state index contributed by atoms with van der Waals surface area (Å²) in [6.07, 6.45) is 8.44. The van der Waals surface area contributed by atoms with Crippen LogP contribution in [0.25, 0.3) is 0 Å². The van der Waals surface area contributed by atoms with Gasteiger partial charge in [-0.2, -0.15) is 0 Å². The Labute approximate surface area is 156 Å². The second kappa shape index (κ2) is 10.0. The van der Waals surface area contributed by atoms with Crippen LogP contribution >= 0.6 is 0 Å². The quantitative estimate of drug-likeness (QED) is 0.818. The number of hydrogen-bond acceptors (Lipinski definition) is 3. The van der Waals surface area contributed by atoms with Gasteiger partial charge in [-0.15, -0.1) is 0 Å². The maximum atomic E-state index is 13.0. The highest BCUT2D eigenvalue weighted by molar-refractivity contribution is 5.78. The van der Waals surface area contributed by atoms with Crippen molar-refractivity contribution in [2.24, 2.45) is 0 Å². The zero-order chi connectivity index (χ0) is 18.2. The van der Waals surface area contributed by atoms with Crippen LogP contribution in [0.2, 0.25) is 0 Å². The third kappa shape index (κ3) is 6.36. The number of nitrogens with zero attached hydrogens (tertiary/aromatic N) is 2. The first-order chi connectivity index (χ1) is 12.7. The van der Waals surface area contributed by atoms with E-state index in [0.717, 1.165) is 57.5 Å². The Hall–Kier alpha value is -1.46. The fourth-order valence-electron chi connectivity index (χ4n) is 4.09. The summed E-state index contributed by atoms with van der Waals surface area (Å²) >= 11 is 0. The van der Waals surface area contributed by atoms with E-state index in [1.807, 2.05) is 12.1 Å². The minimum absolute atomic E-state index is 0.184. The summed E-state index contributed by atoms with van der Waals surface area (Å²) in [6.45, 7) is 5.23. The zero-order valence-electron chi connectivity index (χ0n) is 15.8. The van der Waals surface area contributed by atoms with Gasteiger partial charge in [0.25, 0.3) is 0 Å². The molecule has 2 aliphatic rings. The second-order valence-corrected chi connectivity index (χ2v) is 7.79. The molecule has 1 aliphatic heterocycles. The number of benzene rings is 1. The van der Waals surface area contributed by atoms with Gasteiger partial charge in [0.1, 0.15) is 5.82 Å². The van der Waals surface area contributed by atoms with Crippen LogP contribution in [0.3, 0.4) is 0 Å². The number of rotatable bonds is 5. The normalized spacial score (nSPS) is 21.1. The highest BCUT2D eigenvalue weighted by Crippen LogP contribution is 2.17. The van der Waals surface area contributed by atoms with Crippen LogP contribution in [-0.4, -0.2) is 54.5 Å². The summed E-state index contributed by atoms with van der Waals surface area (Å²) in [5.74, 6) is -0.000595. The molecule has 1 aromatic rings. The van der Waals surface area contributed by atoms with E-state index in [0.29, 0.717) is 12.6 Å². The van der Waals surface area contributed by atoms with Gasteiger partial charge in [-0.1, -0.05) is 37.8 Å². The molecule has 0 radical (unpaired) electrons. The molecule has 26 heavy (non-hydrogen) atoms. The van der Waals surface area contributed by atoms with E-state index in [9.17, 15) is 9.18 Å². The molecule has 1 saturated carbocycles. The predicted octanol–water partition coefficient (Wildman–Crippen LogP) is 3.17. The first-order valence-corrected chi connectivity index (χ1v) is 10.2. The molecule has 4 nitrogen and oxygen atoms in total. The number of halogens is 1. The van der Waals surface area contributed by atoms with Crippen LogP contribution in [-0.2, 0) is 11.3 Å². The molecule has 0 spiro atoms. The standard InChI is InChI=1S/C21H32FN3O/c22-19-10-8-18(9-11-19)16-24-12-5-13-25(15-14-24)17-21(26)23-20-6-3-1-2-4-7-20/h8-11,20H,1-7,12-17H2,(H,23,26). The van der Waals surface area contributed by atoms with Crippen molar-refractivity contribution in [1.82, 2.24) is 15.1 Å². The molecule has 2 fully saturated rings. The van der Waals surface area contributed by atoms with Crippen LogP contribution < -0.4 is 5.32 Å². The first kappa shape index (κ1) is 19.3. The van der Waals surface area contributed by atoms with E-state index in [-0.39, 0.29) is 11.7 Å². The lowest BCUT2D eigenvalue weighted by atomic mass is 10.1. The van der Waals surface area contributed by atoms with E-state index < -0.39 is 0 Å². The van der Waals surface area contributed by atoms with Crippen molar-refractivity contribution in [2.75, 3.05) is 32.7 Å². The molecule has 1 heterocycles. The summed E-state index contributed by atoms with van der Waals surface area (Å²) in [5, 5.41) is 3.25. The molecule has 0 unspecified atom stereocenters. The first-order valence-electron chi connectivity index (χ1n) is 10.2. The van der Waals surface area contributed by atoms with E-state index in [1.54, 1.807) is 0 Å². The fraction of sp³-hybridized carbons (Fsp3) is 0.667. The average molecular weight is 362 g/mol. The number of carbonyl (C=O) groups excluding carboxylic acids is 1. The maximum absolute atomic E-state index is 13.0. The lowest BCUT2D eigenvalue weighted by molar-refractivity contribution is -0.123. The van der Waals surface area contributed by atoms with Crippen molar-refractivity contribution < 1.29 is 9.18 Å². The summed E-state index contributed by atoms with van der Waals surface area (Å²) in [4.78, 5) is 17.1. The Bertz CT molecular complexity index is 555. The van der Waals surface area contributed by atoms with Gasteiger partial charge in [0, 0.05) is 25.7 Å². The van der Waals surface area contributed by atoms with Crippen molar-refractivity contribution >= 4 is 5.91 Å². The molecule has 1 aromatic carbocycles. The van der Waals surface area contributed by atoms with Crippen molar-refractivity contribution in [3.05, 3.63) is 35.6 Å². The van der Waals surface area contributed by atoms with Gasteiger partial charge in [-0.3, -0.25) is 14.6 Å². The molecular formula is C21H32FN3O. The molecule has 0 aromatic heterocycles. The summed E-state index contributed by atoms with van der Waals surface area (Å²) < 4.78 is 13.0. The Kier molecular flexibility index (Phi) is 7.44. The molecule has 1 aliphatic carbocycles. The van der Waals surface area contributed by atoms with Gasteiger partial charge in [-0.05, 0) is 50.0 Å². The number of carbonyl (C=O) groups is 1. The molecule has 0 atom stereocenters. The average Bonchev–Trinajstić information content (AvgIpc) is 3.00. The van der Waals surface area contributed by atoms with Crippen LogP contribution in [0, 0.1) is 5.82 Å². The SMILES string of the molecule is O=C(CN1CCCN(Cc2ccc(F)cc2)CC1)NC1CCCCCC1. The Morgan fingerprint density at radius 1 is 0.923 bits per heavy atom. The molecule has 1 N–H and O–H groups in total. The number of hydrogen-bond donors (Lipinski definition) is 1. The topological polar surface area (TPSA) is 35.6 Å². The third-order valence-corrected chi connectivity index (χ3v) is 5.59. The summed E-state index contributed by atoms with van der Waals surface area (Å²) in [5.41, 5.74) is 1.14. The van der Waals surface area contributed by atoms with Crippen LogP contribution in [0.1, 0.15) is 50.5 Å². The molecule has 144 valence electrons. The van der Waals surface area contributed by atoms with E-state index in [4.69, 9.17) is 0 Å². The highest BCUT2D eigenvalue weighted by Gasteiger charge is 2.19. The van der Waals surface area contributed by atoms with Crippen molar-refractivity contribution in [2.45, 2.75) is 57.5 Å². The second-order valence-electron chi connectivity index (χ2n) is 7.79. The van der Waals surface area contributed by atoms with Crippen LogP contribution in [0.5, 0.6) is 0 Å². The van der Waals surface area contributed by atoms with Gasteiger partial charge in [-0.25, -0.2) is 4.39 Å². The Balaban J connectivity index is 1.41. The third-order valence-electron chi connectivity index (χ3n) is 5.59. The van der Waals surface area contributed by atoms with Crippen molar-refractivity contribution in [1.29, 1.82) is 0 Å². The maximum Gasteiger partial charge on any atom is 0.234 e. The smallest absolute Gasteiger partial charge is 0.234 e. The zero-order valence-corrected chi connectivity index (χ0v) is 15.8. The Morgan fingerprint density at radius 2 is 1.58 bits per heavy atom. The lowest BCUT2D eigenvalue weighted by Crippen LogP contribution is -2.43. The fourth-order valence-corrected chi connectivity index (χ4v) is 4.09. The van der Waals surface area contributed by atoms with Gasteiger partial charge >= 0.3 is 0 Å². The summed E-state index contributed by atoms with van der Waals surface area (Å²) in [7, 11) is 0. The van der Waals surface area contributed by atoms with Gasteiger partial charge < -0.3 is 5.32 Å². The molecular weight excluding hydrogens is 329 g/mol. The van der Waals surface area contributed by atoms with Crippen LogP contribution in [0.15, 0.2) is 24.3 Å². The molecule has 0 bridgehead atoms. The molecule has 5 heteroatoms. The van der Waals surface area contributed by atoms with Gasteiger partial charge in [0.05, 0.1) is 6.54 Å². The minimum Gasteiger partial charge on any atom is -0.352 e. The van der Waals surface area contributed by atoms with E-state index >= 15 is 0 Å². The van der Waals surface area contributed by atoms with Crippen molar-refractivity contribution in [3.63, 3.8) is 0 Å². The minimum atomic E-state index is -0.185. The number of nitrogens with one attached hydrogen (secondary N) is 1. The van der Waals surface area contributed by atoms with Crippen LogP contribution in [0.4, 0.5) is 4.39 Å². The van der Waals surface area contributed by atoms with Gasteiger partial charge in [0.15, 0.2) is 0 Å². The summed E-state index contributed by atoms with van der Waals surface area (Å²) in [6, 6.07) is 7.15. The van der Waals surface area contributed by atoms with Crippen molar-refractivity contribution in [3.8, 4) is 0 Å². The molecule has 1 saturated heterocycles. The Morgan fingerprint density at radius 3 is 2.31 bits per heavy atom. The molecule has 1 amide bonds.